The lowest BCUT2D eigenvalue weighted by atomic mass is 9.81. The second-order valence-corrected chi connectivity index (χ2v) is 15.8. The van der Waals surface area contributed by atoms with Crippen molar-refractivity contribution < 1.29 is 19.8 Å². The highest BCUT2D eigenvalue weighted by Gasteiger charge is 2.37. The van der Waals surface area contributed by atoms with E-state index < -0.39 is 11.6 Å². The van der Waals surface area contributed by atoms with Crippen LogP contribution in [0.15, 0.2) is 46.2 Å². The number of hydrogen-bond donors (Lipinski definition) is 2. The topological polar surface area (TPSA) is 74.6 Å². The first-order chi connectivity index (χ1) is 23.5. The Hall–Kier alpha value is -2.44. The van der Waals surface area contributed by atoms with Crippen molar-refractivity contribution in [3.05, 3.63) is 58.7 Å². The molecule has 0 radical (unpaired) electrons. The van der Waals surface area contributed by atoms with Gasteiger partial charge in [0.2, 0.25) is 0 Å². The maximum Gasteiger partial charge on any atom is 0.198 e. The minimum atomic E-state index is -0.398. The normalized spacial score (nSPS) is 12.5. The summed E-state index contributed by atoms with van der Waals surface area (Å²) in [6.45, 7) is 4.52. The van der Waals surface area contributed by atoms with Crippen LogP contribution < -0.4 is 0 Å². The summed E-state index contributed by atoms with van der Waals surface area (Å²) < 4.78 is 0. The van der Waals surface area contributed by atoms with Gasteiger partial charge in [-0.15, -0.1) is 23.5 Å². The number of phenols is 2. The van der Waals surface area contributed by atoms with Crippen LogP contribution in [-0.2, 0) is 0 Å². The summed E-state index contributed by atoms with van der Waals surface area (Å²) >= 11 is 3.56. The van der Waals surface area contributed by atoms with Crippen molar-refractivity contribution in [3.8, 4) is 11.5 Å². The number of aromatic hydroxyl groups is 2. The molecule has 0 saturated heterocycles. The Bertz CT molecular complexity index is 1370. The van der Waals surface area contributed by atoms with E-state index >= 15 is 0 Å². The van der Waals surface area contributed by atoms with Gasteiger partial charge >= 0.3 is 0 Å². The van der Waals surface area contributed by atoms with Gasteiger partial charge in [-0.25, -0.2) is 0 Å². The van der Waals surface area contributed by atoms with Crippen LogP contribution in [0.2, 0.25) is 0 Å². The second kappa shape index (κ2) is 20.9. The summed E-state index contributed by atoms with van der Waals surface area (Å²) in [5.74, 6) is 0.672. The van der Waals surface area contributed by atoms with Gasteiger partial charge in [0.05, 0.1) is 11.1 Å². The van der Waals surface area contributed by atoms with Crippen molar-refractivity contribution in [2.75, 3.05) is 11.5 Å². The van der Waals surface area contributed by atoms with Crippen molar-refractivity contribution in [1.82, 2.24) is 0 Å². The van der Waals surface area contributed by atoms with Crippen molar-refractivity contribution in [2.24, 2.45) is 0 Å². The average molecular weight is 691 g/mol. The molecule has 0 aromatic heterocycles. The number of phenolic OH excluding ortho intramolecular Hbond substituents is 2. The fraction of sp³-hybridized carbons (Fsp3) is 0.571. The van der Waals surface area contributed by atoms with Gasteiger partial charge in [-0.1, -0.05) is 154 Å². The molecule has 4 rings (SSSR count). The van der Waals surface area contributed by atoms with Gasteiger partial charge in [0.1, 0.15) is 11.5 Å². The number of fused-ring (bicyclic) bond motifs is 3. The van der Waals surface area contributed by atoms with Crippen LogP contribution in [-0.4, -0.2) is 33.3 Å². The molecule has 0 spiro atoms. The van der Waals surface area contributed by atoms with Gasteiger partial charge < -0.3 is 10.2 Å². The fourth-order valence-corrected chi connectivity index (χ4v) is 9.11. The van der Waals surface area contributed by atoms with Crippen molar-refractivity contribution in [1.29, 1.82) is 0 Å². The van der Waals surface area contributed by atoms with Gasteiger partial charge in [-0.2, -0.15) is 0 Å². The number of thioether (sulfide) groups is 2. The third-order valence-corrected chi connectivity index (χ3v) is 12.1. The molecule has 0 amide bonds. The van der Waals surface area contributed by atoms with Gasteiger partial charge in [-0.3, -0.25) is 9.59 Å². The number of carbonyl (C=O) groups is 2. The molecule has 2 N–H and O–H groups in total. The Labute approximate surface area is 298 Å². The molecule has 6 heteroatoms. The van der Waals surface area contributed by atoms with Crippen LogP contribution in [0.1, 0.15) is 174 Å². The number of ketones is 2. The lowest BCUT2D eigenvalue weighted by Gasteiger charge is -2.23. The van der Waals surface area contributed by atoms with E-state index in [1.807, 2.05) is 12.1 Å². The predicted octanol–water partition coefficient (Wildman–Crippen LogP) is 13.1. The molecule has 0 saturated carbocycles. The quantitative estimate of drug-likeness (QED) is 0.0433. The number of benzene rings is 3. The zero-order valence-electron chi connectivity index (χ0n) is 29.5. The smallest absolute Gasteiger partial charge is 0.198 e. The molecule has 0 bridgehead atoms. The molecule has 0 aliphatic heterocycles. The van der Waals surface area contributed by atoms with E-state index in [2.05, 4.69) is 13.8 Å². The van der Waals surface area contributed by atoms with E-state index in [4.69, 9.17) is 0 Å². The molecule has 0 fully saturated rings. The molecule has 0 heterocycles. The van der Waals surface area contributed by atoms with Crippen molar-refractivity contribution in [3.63, 3.8) is 0 Å². The zero-order chi connectivity index (χ0) is 34.1. The predicted molar refractivity (Wildman–Crippen MR) is 206 cm³/mol. The number of unbranched alkanes of at least 4 members (excludes halogenated alkanes) is 18. The molecule has 3 aromatic rings. The largest absolute Gasteiger partial charge is 0.506 e. The molecule has 4 nitrogen and oxygen atoms in total. The first kappa shape index (κ1) is 38.4. The minimum absolute atomic E-state index is 0.0832. The summed E-state index contributed by atoms with van der Waals surface area (Å²) in [6.07, 6.45) is 25.9. The van der Waals surface area contributed by atoms with Crippen LogP contribution in [0, 0.1) is 0 Å². The number of hydrogen-bond acceptors (Lipinski definition) is 6. The Morgan fingerprint density at radius 3 is 1.12 bits per heavy atom. The first-order valence-corrected chi connectivity index (χ1v) is 21.0. The molecule has 262 valence electrons. The Balaban J connectivity index is 1.41. The van der Waals surface area contributed by atoms with Crippen LogP contribution in [0.25, 0.3) is 10.8 Å². The van der Waals surface area contributed by atoms with E-state index in [9.17, 15) is 19.8 Å². The average Bonchev–Trinajstić information content (AvgIpc) is 3.10. The maximum absolute atomic E-state index is 13.9. The molecule has 0 atom stereocenters. The summed E-state index contributed by atoms with van der Waals surface area (Å²) in [4.78, 5) is 29.9. The fourth-order valence-electron chi connectivity index (χ4n) is 6.82. The Kier molecular flexibility index (Phi) is 16.7. The second-order valence-electron chi connectivity index (χ2n) is 13.6. The van der Waals surface area contributed by atoms with Crippen LogP contribution in [0.3, 0.4) is 0 Å². The van der Waals surface area contributed by atoms with Gasteiger partial charge in [-0.05, 0) is 36.5 Å². The number of carbonyl (C=O) groups excluding carboxylic acids is 2. The highest BCUT2D eigenvalue weighted by atomic mass is 32.2. The van der Waals surface area contributed by atoms with E-state index in [0.29, 0.717) is 21.9 Å². The number of rotatable bonds is 24. The third-order valence-electron chi connectivity index (χ3n) is 9.70. The van der Waals surface area contributed by atoms with Gasteiger partial charge in [0.25, 0.3) is 0 Å². The van der Waals surface area contributed by atoms with Crippen LogP contribution in [0.4, 0.5) is 0 Å². The monoisotopic (exact) mass is 690 g/mol. The molecular formula is C42H58O4S2. The molecule has 1 aliphatic carbocycles. The van der Waals surface area contributed by atoms with Gasteiger partial charge in [0.15, 0.2) is 11.6 Å². The molecular weight excluding hydrogens is 633 g/mol. The summed E-state index contributed by atoms with van der Waals surface area (Å²) in [5.41, 5.74) is 0.484. The minimum Gasteiger partial charge on any atom is -0.506 e. The molecule has 1 aliphatic rings. The highest BCUT2D eigenvalue weighted by molar-refractivity contribution is 8.02. The van der Waals surface area contributed by atoms with Crippen LogP contribution in [0.5, 0.6) is 11.5 Å². The van der Waals surface area contributed by atoms with Gasteiger partial charge in [0, 0.05) is 31.7 Å². The highest BCUT2D eigenvalue weighted by Crippen LogP contribution is 2.46. The Morgan fingerprint density at radius 2 is 0.792 bits per heavy atom. The molecule has 0 unspecified atom stereocenters. The van der Waals surface area contributed by atoms with Crippen molar-refractivity contribution >= 4 is 45.9 Å². The maximum atomic E-state index is 13.9. The van der Waals surface area contributed by atoms with E-state index in [1.165, 1.54) is 116 Å². The SMILES string of the molecule is CCCCCCCCCCCCSc1cc2c(cc1SCCCCCCCCCCCC)C(=O)c1c(c(O)c3ccccc3c1O)C2=O. The molecule has 3 aromatic carbocycles. The van der Waals surface area contributed by atoms with E-state index in [1.54, 1.807) is 47.8 Å². The Morgan fingerprint density at radius 1 is 0.479 bits per heavy atom. The lowest BCUT2D eigenvalue weighted by molar-refractivity contribution is 0.0974. The third kappa shape index (κ3) is 10.5. The standard InChI is InChI=1S/C42H58O4S2/c1-3-5-7-9-11-13-15-17-19-23-27-47-35-29-33-34(30-36(35)48-28-24-20-18-16-14-12-10-8-6-4-2)42(46)38-37(41(33)45)39(43)31-25-21-22-26-32(31)40(38)44/h21-22,25-26,29-30,43-44H,3-20,23-24,27-28H2,1-2H3. The molecule has 48 heavy (non-hydrogen) atoms. The van der Waals surface area contributed by atoms with E-state index in [0.717, 1.165) is 34.1 Å². The zero-order valence-corrected chi connectivity index (χ0v) is 31.2. The van der Waals surface area contributed by atoms with E-state index in [-0.39, 0.29) is 22.6 Å². The van der Waals surface area contributed by atoms with Crippen molar-refractivity contribution in [2.45, 2.75) is 152 Å². The lowest BCUT2D eigenvalue weighted by Crippen LogP contribution is -2.22. The summed E-state index contributed by atoms with van der Waals surface area (Å²) in [7, 11) is 0. The van der Waals surface area contributed by atoms with Crippen LogP contribution >= 0.6 is 23.5 Å². The summed E-state index contributed by atoms with van der Waals surface area (Å²) in [5, 5.41) is 23.0. The first-order valence-electron chi connectivity index (χ1n) is 19.0. The summed E-state index contributed by atoms with van der Waals surface area (Å²) in [6, 6.07) is 10.6.